The van der Waals surface area contributed by atoms with Gasteiger partial charge in [0.05, 0.1) is 6.04 Å². The van der Waals surface area contributed by atoms with Crippen LogP contribution in [0.5, 0.6) is 0 Å². The van der Waals surface area contributed by atoms with E-state index in [1.165, 1.54) is 0 Å². The number of hydrogen-bond acceptors (Lipinski definition) is 2. The maximum Gasteiger partial charge on any atom is 0.251 e. The molecule has 1 atom stereocenters. The molecule has 3 rings (SSSR count). The first-order chi connectivity index (χ1) is 13.0. The fourth-order valence-electron chi connectivity index (χ4n) is 2.82. The molecule has 0 bridgehead atoms. The molecule has 0 aliphatic rings. The Bertz CT molecular complexity index is 923. The second-order valence-corrected chi connectivity index (χ2v) is 6.65. The van der Waals surface area contributed by atoms with Crippen molar-refractivity contribution in [3.8, 4) is 0 Å². The first-order valence-corrected chi connectivity index (χ1v) is 8.91. The summed E-state index contributed by atoms with van der Waals surface area (Å²) < 4.78 is 0. The Morgan fingerprint density at radius 2 is 1.44 bits per heavy atom. The molecule has 0 aliphatic carbocycles. The van der Waals surface area contributed by atoms with Crippen molar-refractivity contribution in [2.24, 2.45) is 5.73 Å². The molecule has 0 aromatic heterocycles. The van der Waals surface area contributed by atoms with Crippen LogP contribution in [0.1, 0.15) is 37.9 Å². The molecule has 0 fully saturated rings. The summed E-state index contributed by atoms with van der Waals surface area (Å²) in [5, 5.41) is 3.75. The highest BCUT2D eigenvalue weighted by molar-refractivity contribution is 6.30. The summed E-state index contributed by atoms with van der Waals surface area (Å²) in [5.74, 6) is -0.735. The van der Waals surface area contributed by atoms with Crippen molar-refractivity contribution in [1.29, 1.82) is 0 Å². The minimum absolute atomic E-state index is 0.198. The number of carbonyl (C=O) groups excluding carboxylic acids is 2. The third-order valence-electron chi connectivity index (χ3n) is 4.29. The van der Waals surface area contributed by atoms with Crippen molar-refractivity contribution in [1.82, 2.24) is 5.32 Å². The van der Waals surface area contributed by atoms with Gasteiger partial charge < -0.3 is 11.1 Å². The molecular formula is C22H19ClN2O2. The molecule has 0 saturated heterocycles. The van der Waals surface area contributed by atoms with Crippen LogP contribution in [-0.2, 0) is 6.42 Å². The van der Waals surface area contributed by atoms with Gasteiger partial charge in [0.15, 0.2) is 0 Å². The maximum absolute atomic E-state index is 12.7. The Morgan fingerprint density at radius 1 is 0.852 bits per heavy atom. The molecule has 3 N–H and O–H groups in total. The van der Waals surface area contributed by atoms with Crippen molar-refractivity contribution in [3.05, 3.63) is 106 Å². The predicted octanol–water partition coefficient (Wildman–Crippen LogP) is 4.15. The van der Waals surface area contributed by atoms with Crippen molar-refractivity contribution < 1.29 is 9.59 Å². The fourth-order valence-corrected chi connectivity index (χ4v) is 2.95. The van der Waals surface area contributed by atoms with E-state index in [2.05, 4.69) is 5.32 Å². The van der Waals surface area contributed by atoms with E-state index in [1.807, 2.05) is 54.6 Å². The Kier molecular flexibility index (Phi) is 5.89. The lowest BCUT2D eigenvalue weighted by molar-refractivity contribution is 0.0934. The van der Waals surface area contributed by atoms with Crippen molar-refractivity contribution in [2.45, 2.75) is 12.5 Å². The fraction of sp³-hybridized carbons (Fsp3) is 0.0909. The Hall–Kier alpha value is -3.11. The highest BCUT2D eigenvalue weighted by Crippen LogP contribution is 2.20. The van der Waals surface area contributed by atoms with E-state index in [9.17, 15) is 9.59 Å². The number of carbonyl (C=O) groups is 2. The predicted molar refractivity (Wildman–Crippen MR) is 107 cm³/mol. The monoisotopic (exact) mass is 378 g/mol. The molecule has 0 saturated carbocycles. The van der Waals surface area contributed by atoms with Gasteiger partial charge in [-0.1, -0.05) is 54.1 Å². The van der Waals surface area contributed by atoms with Gasteiger partial charge in [-0.15, -0.1) is 0 Å². The van der Waals surface area contributed by atoms with Gasteiger partial charge in [-0.3, -0.25) is 9.59 Å². The van der Waals surface area contributed by atoms with E-state index in [0.29, 0.717) is 22.6 Å². The first kappa shape index (κ1) is 18.7. The highest BCUT2D eigenvalue weighted by Gasteiger charge is 2.16. The minimum atomic E-state index is -0.521. The second-order valence-electron chi connectivity index (χ2n) is 6.21. The standard InChI is InChI=1S/C22H19ClN2O2/c23-19-12-6-15(7-13-19)14-20(16-4-2-1-3-5-16)25-22(27)18-10-8-17(9-11-18)21(24)26/h1-13,20H,14H2,(H2,24,26)(H,25,27). The Balaban J connectivity index is 1.81. The van der Waals surface area contributed by atoms with Gasteiger partial charge in [0.1, 0.15) is 0 Å². The van der Waals surface area contributed by atoms with Crippen LogP contribution in [0, 0.1) is 0 Å². The number of halogens is 1. The van der Waals surface area contributed by atoms with Gasteiger partial charge in [0.2, 0.25) is 5.91 Å². The number of primary amides is 1. The average Bonchev–Trinajstić information content (AvgIpc) is 2.70. The molecule has 3 aromatic carbocycles. The lowest BCUT2D eigenvalue weighted by Crippen LogP contribution is -2.30. The zero-order valence-corrected chi connectivity index (χ0v) is 15.3. The van der Waals surface area contributed by atoms with Crippen molar-refractivity contribution in [3.63, 3.8) is 0 Å². The van der Waals surface area contributed by atoms with Crippen LogP contribution < -0.4 is 11.1 Å². The number of nitrogens with two attached hydrogens (primary N) is 1. The summed E-state index contributed by atoms with van der Waals surface area (Å²) in [7, 11) is 0. The van der Waals surface area contributed by atoms with Crippen LogP contribution in [0.4, 0.5) is 0 Å². The second kappa shape index (κ2) is 8.52. The quantitative estimate of drug-likeness (QED) is 0.676. The SMILES string of the molecule is NC(=O)c1ccc(C(=O)NC(Cc2ccc(Cl)cc2)c2ccccc2)cc1. The number of amides is 2. The van der Waals surface area contributed by atoms with E-state index in [1.54, 1.807) is 24.3 Å². The summed E-state index contributed by atoms with van der Waals surface area (Å²) in [6, 6.07) is 23.5. The third-order valence-corrected chi connectivity index (χ3v) is 4.54. The highest BCUT2D eigenvalue weighted by atomic mass is 35.5. The van der Waals surface area contributed by atoms with Crippen LogP contribution in [-0.4, -0.2) is 11.8 Å². The maximum atomic E-state index is 12.7. The minimum Gasteiger partial charge on any atom is -0.366 e. The molecule has 136 valence electrons. The summed E-state index contributed by atoms with van der Waals surface area (Å²) >= 11 is 5.96. The topological polar surface area (TPSA) is 72.2 Å². The van der Waals surface area contributed by atoms with Crippen LogP contribution >= 0.6 is 11.6 Å². The summed E-state index contributed by atoms with van der Waals surface area (Å²) in [6.45, 7) is 0. The largest absolute Gasteiger partial charge is 0.366 e. The lowest BCUT2D eigenvalue weighted by atomic mass is 9.98. The van der Waals surface area contributed by atoms with Crippen molar-refractivity contribution >= 4 is 23.4 Å². The summed E-state index contributed by atoms with van der Waals surface area (Å²) in [5.41, 5.74) is 8.16. The summed E-state index contributed by atoms with van der Waals surface area (Å²) in [4.78, 5) is 23.9. The van der Waals surface area contributed by atoms with E-state index in [-0.39, 0.29) is 11.9 Å². The molecule has 2 amide bonds. The van der Waals surface area contributed by atoms with E-state index >= 15 is 0 Å². The van der Waals surface area contributed by atoms with Gasteiger partial charge >= 0.3 is 0 Å². The zero-order chi connectivity index (χ0) is 19.2. The molecule has 4 nitrogen and oxygen atoms in total. The molecule has 1 unspecified atom stereocenters. The van der Waals surface area contributed by atoms with E-state index < -0.39 is 5.91 Å². The average molecular weight is 379 g/mol. The van der Waals surface area contributed by atoms with Crippen LogP contribution in [0.25, 0.3) is 0 Å². The molecule has 5 heteroatoms. The number of benzene rings is 3. The zero-order valence-electron chi connectivity index (χ0n) is 14.6. The van der Waals surface area contributed by atoms with Crippen LogP contribution in [0.3, 0.4) is 0 Å². The molecule has 0 aliphatic heterocycles. The molecule has 27 heavy (non-hydrogen) atoms. The van der Waals surface area contributed by atoms with Crippen molar-refractivity contribution in [2.75, 3.05) is 0 Å². The normalized spacial score (nSPS) is 11.6. The smallest absolute Gasteiger partial charge is 0.251 e. The molecular weight excluding hydrogens is 360 g/mol. The number of hydrogen-bond donors (Lipinski definition) is 2. The summed E-state index contributed by atoms with van der Waals surface area (Å²) in [6.07, 6.45) is 0.631. The van der Waals surface area contributed by atoms with Gasteiger partial charge in [0.25, 0.3) is 5.91 Å². The van der Waals surface area contributed by atoms with Gasteiger partial charge in [-0.2, -0.15) is 0 Å². The molecule has 0 radical (unpaired) electrons. The van der Waals surface area contributed by atoms with Crippen LogP contribution in [0.2, 0.25) is 5.02 Å². The molecule has 0 heterocycles. The Morgan fingerprint density at radius 3 is 2.04 bits per heavy atom. The Labute approximate surface area is 163 Å². The molecule has 0 spiro atoms. The van der Waals surface area contributed by atoms with E-state index in [0.717, 1.165) is 11.1 Å². The van der Waals surface area contributed by atoms with Gasteiger partial charge in [-0.05, 0) is 53.9 Å². The first-order valence-electron chi connectivity index (χ1n) is 8.53. The number of nitrogens with one attached hydrogen (secondary N) is 1. The molecule has 3 aromatic rings. The van der Waals surface area contributed by atoms with E-state index in [4.69, 9.17) is 17.3 Å². The van der Waals surface area contributed by atoms with Crippen LogP contribution in [0.15, 0.2) is 78.9 Å². The van der Waals surface area contributed by atoms with Gasteiger partial charge in [0, 0.05) is 16.1 Å². The number of rotatable bonds is 6. The van der Waals surface area contributed by atoms with Gasteiger partial charge in [-0.25, -0.2) is 0 Å². The third kappa shape index (κ3) is 4.96. The lowest BCUT2D eigenvalue weighted by Gasteiger charge is -2.20.